The highest BCUT2D eigenvalue weighted by atomic mass is 35.5. The van der Waals surface area contributed by atoms with Gasteiger partial charge in [0.25, 0.3) is 0 Å². The molecule has 0 bridgehead atoms. The number of aromatic nitrogens is 1. The van der Waals surface area contributed by atoms with E-state index in [0.717, 1.165) is 37.0 Å². The van der Waals surface area contributed by atoms with E-state index >= 15 is 0 Å². The highest BCUT2D eigenvalue weighted by molar-refractivity contribution is 6.76. The molecule has 1 aliphatic heterocycles. The summed E-state index contributed by atoms with van der Waals surface area (Å²) in [6.45, 7) is 0. The molecule has 0 radical (unpaired) electrons. The third-order valence-corrected chi connectivity index (χ3v) is 4.11. The Kier molecular flexibility index (Phi) is 2.15. The molecule has 0 N–H and O–H groups in total. The molecule has 2 nitrogen and oxygen atoms in total. The molecule has 0 saturated carbocycles. The molecule has 90 valence electrons. The molecule has 0 saturated heterocycles. The van der Waals surface area contributed by atoms with Gasteiger partial charge in [0.05, 0.1) is 17.1 Å². The van der Waals surface area contributed by atoms with Gasteiger partial charge in [-0.2, -0.15) is 0 Å². The van der Waals surface area contributed by atoms with Crippen molar-refractivity contribution < 1.29 is 0 Å². The summed E-state index contributed by atoms with van der Waals surface area (Å²) in [7, 11) is 0. The monoisotopic (exact) mass is 256 g/mol. The average molecular weight is 257 g/mol. The van der Waals surface area contributed by atoms with Crippen molar-refractivity contribution in [3.05, 3.63) is 47.4 Å². The summed E-state index contributed by atoms with van der Waals surface area (Å²) in [6.07, 6.45) is 12.9. The number of aryl methyl sites for hydroxylation is 1. The van der Waals surface area contributed by atoms with Crippen LogP contribution in [0.15, 0.2) is 41.2 Å². The first kappa shape index (κ1) is 10.4. The minimum absolute atomic E-state index is 0.649. The maximum Gasteiger partial charge on any atom is 0.138 e. The van der Waals surface area contributed by atoms with Crippen LogP contribution in [0.3, 0.4) is 0 Å². The fourth-order valence-corrected chi connectivity index (χ4v) is 3.25. The highest BCUT2D eigenvalue weighted by Crippen LogP contribution is 2.37. The van der Waals surface area contributed by atoms with Crippen molar-refractivity contribution in [2.75, 3.05) is 0 Å². The minimum Gasteiger partial charge on any atom is -0.314 e. The Balaban J connectivity index is 2.06. The fourth-order valence-electron chi connectivity index (χ4n) is 2.98. The lowest BCUT2D eigenvalue weighted by Crippen LogP contribution is -2.07. The summed E-state index contributed by atoms with van der Waals surface area (Å²) in [5, 5.41) is 0.649. The molecule has 0 fully saturated rings. The number of fused-ring (bicyclic) bond motifs is 1. The van der Waals surface area contributed by atoms with Crippen LogP contribution in [0.25, 0.3) is 11.3 Å². The Labute approximate surface area is 111 Å². The second-order valence-electron chi connectivity index (χ2n) is 4.89. The zero-order valence-corrected chi connectivity index (χ0v) is 10.7. The van der Waals surface area contributed by atoms with Crippen LogP contribution in [0, 0.1) is 0 Å². The number of nitrogens with zero attached hydrogens (tertiary/aromatic N) is 2. The molecule has 1 aromatic heterocycles. The van der Waals surface area contributed by atoms with Crippen LogP contribution in [-0.4, -0.2) is 9.74 Å². The SMILES string of the molecule is ClC1=NC2=C(C=CCC2)n2ccc3c2C1=CCC3. The molecule has 4 rings (SSSR count). The Bertz CT molecular complexity index is 656. The van der Waals surface area contributed by atoms with E-state index in [-0.39, 0.29) is 0 Å². The molecule has 0 amide bonds. The molecule has 1 aromatic rings. The first-order chi connectivity index (χ1) is 8.84. The van der Waals surface area contributed by atoms with Gasteiger partial charge in [-0.15, -0.1) is 0 Å². The Hall–Kier alpha value is -1.54. The Morgan fingerprint density at radius 2 is 2.17 bits per heavy atom. The minimum atomic E-state index is 0.649. The van der Waals surface area contributed by atoms with Gasteiger partial charge in [-0.1, -0.05) is 23.8 Å². The molecule has 18 heavy (non-hydrogen) atoms. The van der Waals surface area contributed by atoms with Gasteiger partial charge in [-0.25, -0.2) is 4.99 Å². The number of aliphatic imine (C=N–C) groups is 1. The van der Waals surface area contributed by atoms with E-state index in [1.807, 2.05) is 0 Å². The fraction of sp³-hybridized carbons (Fsp3) is 0.267. The van der Waals surface area contributed by atoms with E-state index in [2.05, 4.69) is 40.1 Å². The molecule has 3 aliphatic rings. The Morgan fingerprint density at radius 1 is 1.22 bits per heavy atom. The molecule has 0 atom stereocenters. The van der Waals surface area contributed by atoms with E-state index in [4.69, 9.17) is 11.6 Å². The van der Waals surface area contributed by atoms with Crippen molar-refractivity contribution in [1.29, 1.82) is 0 Å². The van der Waals surface area contributed by atoms with Gasteiger partial charge in [0.15, 0.2) is 0 Å². The molecule has 0 spiro atoms. The van der Waals surface area contributed by atoms with Gasteiger partial charge in [-0.05, 0) is 43.4 Å². The topological polar surface area (TPSA) is 17.3 Å². The van der Waals surface area contributed by atoms with E-state index in [1.54, 1.807) is 0 Å². The van der Waals surface area contributed by atoms with Crippen LogP contribution in [0.1, 0.15) is 30.5 Å². The van der Waals surface area contributed by atoms with E-state index in [9.17, 15) is 0 Å². The zero-order valence-electron chi connectivity index (χ0n) is 9.99. The lowest BCUT2D eigenvalue weighted by Gasteiger charge is -2.17. The number of rotatable bonds is 0. The predicted octanol–water partition coefficient (Wildman–Crippen LogP) is 3.99. The second kappa shape index (κ2) is 3.72. The highest BCUT2D eigenvalue weighted by Gasteiger charge is 2.25. The van der Waals surface area contributed by atoms with Gasteiger partial charge in [0.2, 0.25) is 0 Å². The molecular formula is C15H13ClN2. The lowest BCUT2D eigenvalue weighted by molar-refractivity contribution is 0.916. The maximum absolute atomic E-state index is 6.41. The lowest BCUT2D eigenvalue weighted by atomic mass is 9.98. The van der Waals surface area contributed by atoms with Crippen molar-refractivity contribution in [3.8, 4) is 0 Å². The standard InChI is InChI=1S/C15H13ClN2/c16-15-11-5-3-4-10-8-9-18(14(10)11)13-7-2-1-6-12(13)17-15/h2,5,7-9H,1,3-4,6H2. The number of hydrogen-bond acceptors (Lipinski definition) is 1. The van der Waals surface area contributed by atoms with Crippen LogP contribution < -0.4 is 0 Å². The average Bonchev–Trinajstić information content (AvgIpc) is 2.77. The van der Waals surface area contributed by atoms with Crippen molar-refractivity contribution in [2.45, 2.75) is 25.7 Å². The van der Waals surface area contributed by atoms with Crippen LogP contribution in [0.4, 0.5) is 0 Å². The number of hydrogen-bond donors (Lipinski definition) is 0. The summed E-state index contributed by atoms with van der Waals surface area (Å²) < 4.78 is 2.25. The van der Waals surface area contributed by atoms with Gasteiger partial charge < -0.3 is 4.57 Å². The zero-order chi connectivity index (χ0) is 12.1. The van der Waals surface area contributed by atoms with Gasteiger partial charge in [0.1, 0.15) is 5.17 Å². The normalized spacial score (nSPS) is 20.9. The molecular weight excluding hydrogens is 244 g/mol. The van der Waals surface area contributed by atoms with Gasteiger partial charge in [0, 0.05) is 11.8 Å². The third-order valence-electron chi connectivity index (χ3n) is 3.82. The third kappa shape index (κ3) is 1.33. The summed E-state index contributed by atoms with van der Waals surface area (Å²) in [6, 6.07) is 2.21. The second-order valence-corrected chi connectivity index (χ2v) is 5.25. The van der Waals surface area contributed by atoms with Crippen LogP contribution in [0.2, 0.25) is 0 Å². The summed E-state index contributed by atoms with van der Waals surface area (Å²) in [4.78, 5) is 4.63. The summed E-state index contributed by atoms with van der Waals surface area (Å²) in [5.74, 6) is 0. The predicted molar refractivity (Wildman–Crippen MR) is 75.6 cm³/mol. The smallest absolute Gasteiger partial charge is 0.138 e. The molecule has 2 aliphatic carbocycles. The molecule has 2 heterocycles. The first-order valence-electron chi connectivity index (χ1n) is 6.40. The van der Waals surface area contributed by atoms with Crippen LogP contribution in [-0.2, 0) is 6.42 Å². The molecule has 0 aromatic carbocycles. The van der Waals surface area contributed by atoms with E-state index < -0.39 is 0 Å². The van der Waals surface area contributed by atoms with Crippen molar-refractivity contribution in [3.63, 3.8) is 0 Å². The van der Waals surface area contributed by atoms with Gasteiger partial charge in [-0.3, -0.25) is 0 Å². The number of halogens is 1. The van der Waals surface area contributed by atoms with Crippen LogP contribution in [0.5, 0.6) is 0 Å². The molecule has 3 heteroatoms. The quantitative estimate of drug-likeness (QED) is 0.668. The maximum atomic E-state index is 6.41. The van der Waals surface area contributed by atoms with E-state index in [0.29, 0.717) is 5.17 Å². The summed E-state index contributed by atoms with van der Waals surface area (Å²) >= 11 is 6.41. The molecule has 0 unspecified atom stereocenters. The van der Waals surface area contributed by atoms with Crippen LogP contribution >= 0.6 is 11.6 Å². The van der Waals surface area contributed by atoms with Crippen molar-refractivity contribution in [1.82, 2.24) is 4.57 Å². The van der Waals surface area contributed by atoms with Crippen molar-refractivity contribution >= 4 is 28.0 Å². The van der Waals surface area contributed by atoms with Gasteiger partial charge >= 0.3 is 0 Å². The van der Waals surface area contributed by atoms with Crippen molar-refractivity contribution in [2.24, 2.45) is 4.99 Å². The van der Waals surface area contributed by atoms with E-state index in [1.165, 1.54) is 17.0 Å². The number of allylic oxidation sites excluding steroid dienone is 6. The Morgan fingerprint density at radius 3 is 3.11 bits per heavy atom. The largest absolute Gasteiger partial charge is 0.314 e. The first-order valence-corrected chi connectivity index (χ1v) is 6.78. The summed E-state index contributed by atoms with van der Waals surface area (Å²) in [5.41, 5.74) is 6.02.